The Morgan fingerprint density at radius 3 is 2.90 bits per heavy atom. The Kier molecular flexibility index (Phi) is 3.89. The van der Waals surface area contributed by atoms with E-state index < -0.39 is 0 Å². The zero-order valence-electron chi connectivity index (χ0n) is 12.4. The van der Waals surface area contributed by atoms with Crippen molar-refractivity contribution in [2.75, 3.05) is 6.54 Å². The lowest BCUT2D eigenvalue weighted by atomic mass is 9.99. The molecule has 4 nitrogen and oxygen atoms in total. The highest BCUT2D eigenvalue weighted by molar-refractivity contribution is 7.12. The fourth-order valence-corrected chi connectivity index (χ4v) is 3.20. The first-order chi connectivity index (χ1) is 9.65. The van der Waals surface area contributed by atoms with E-state index in [9.17, 15) is 0 Å². The van der Waals surface area contributed by atoms with Crippen LogP contribution in [-0.4, -0.2) is 27.4 Å². The Bertz CT molecular complexity index is 569. The summed E-state index contributed by atoms with van der Waals surface area (Å²) < 4.78 is 1.98. The second-order valence-corrected chi connectivity index (χ2v) is 6.74. The van der Waals surface area contributed by atoms with Gasteiger partial charge in [-0.2, -0.15) is 5.10 Å². The van der Waals surface area contributed by atoms with Gasteiger partial charge in [0.25, 0.3) is 0 Å². The molecule has 0 aromatic carbocycles. The predicted molar refractivity (Wildman–Crippen MR) is 82.6 cm³/mol. The summed E-state index contributed by atoms with van der Waals surface area (Å²) in [4.78, 5) is 4.36. The summed E-state index contributed by atoms with van der Waals surface area (Å²) in [7, 11) is 0. The lowest BCUT2D eigenvalue weighted by molar-refractivity contribution is 0.507. The molecule has 2 aromatic heterocycles. The van der Waals surface area contributed by atoms with Gasteiger partial charge in [0, 0.05) is 23.3 Å². The van der Waals surface area contributed by atoms with Crippen LogP contribution in [0.25, 0.3) is 5.13 Å². The van der Waals surface area contributed by atoms with Gasteiger partial charge in [0.2, 0.25) is 5.13 Å². The van der Waals surface area contributed by atoms with Gasteiger partial charge in [-0.25, -0.2) is 9.67 Å². The molecule has 1 N–H and O–H groups in total. The molecule has 0 spiro atoms. The molecule has 1 atom stereocenters. The van der Waals surface area contributed by atoms with Crippen LogP contribution in [0.3, 0.4) is 0 Å². The second kappa shape index (κ2) is 5.66. The van der Waals surface area contributed by atoms with E-state index in [0.29, 0.717) is 5.92 Å². The average molecular weight is 290 g/mol. The molecule has 2 heterocycles. The number of aromatic nitrogens is 3. The molecule has 0 saturated heterocycles. The zero-order valence-corrected chi connectivity index (χ0v) is 13.2. The second-order valence-electron chi connectivity index (χ2n) is 5.87. The number of rotatable bonds is 6. The van der Waals surface area contributed by atoms with Crippen LogP contribution in [0.5, 0.6) is 0 Å². The molecular weight excluding hydrogens is 268 g/mol. The van der Waals surface area contributed by atoms with E-state index in [0.717, 1.165) is 29.8 Å². The van der Waals surface area contributed by atoms with Crippen molar-refractivity contribution in [1.82, 2.24) is 20.1 Å². The highest BCUT2D eigenvalue weighted by Gasteiger charge is 2.22. The number of hydrogen-bond donors (Lipinski definition) is 1. The number of nitrogens with one attached hydrogen (secondary N) is 1. The summed E-state index contributed by atoms with van der Waals surface area (Å²) in [6.07, 6.45) is 5.63. The first kappa shape index (κ1) is 13.8. The minimum absolute atomic E-state index is 0.641. The van der Waals surface area contributed by atoms with Gasteiger partial charge in [0.15, 0.2) is 0 Å². The topological polar surface area (TPSA) is 42.7 Å². The van der Waals surface area contributed by atoms with E-state index in [1.807, 2.05) is 16.3 Å². The average Bonchev–Trinajstić information content (AvgIpc) is 3.03. The minimum atomic E-state index is 0.641. The third-order valence-electron chi connectivity index (χ3n) is 3.93. The molecule has 1 fully saturated rings. The van der Waals surface area contributed by atoms with Crippen LogP contribution in [0.4, 0.5) is 0 Å². The number of thiazole rings is 1. The van der Waals surface area contributed by atoms with Gasteiger partial charge in [-0.3, -0.25) is 0 Å². The Morgan fingerprint density at radius 1 is 1.45 bits per heavy atom. The quantitative estimate of drug-likeness (QED) is 0.889. The zero-order chi connectivity index (χ0) is 14.1. The van der Waals surface area contributed by atoms with Crippen molar-refractivity contribution in [3.63, 3.8) is 0 Å². The Balaban J connectivity index is 1.72. The largest absolute Gasteiger partial charge is 0.314 e. The third-order valence-corrected chi connectivity index (χ3v) is 4.67. The van der Waals surface area contributed by atoms with Crippen molar-refractivity contribution in [3.8, 4) is 5.13 Å². The molecule has 0 aliphatic heterocycles. The maximum atomic E-state index is 4.66. The van der Waals surface area contributed by atoms with E-state index in [2.05, 4.69) is 36.2 Å². The van der Waals surface area contributed by atoms with Gasteiger partial charge >= 0.3 is 0 Å². The van der Waals surface area contributed by atoms with Crippen LogP contribution in [0.2, 0.25) is 0 Å². The summed E-state index contributed by atoms with van der Waals surface area (Å²) in [6, 6.07) is 0.790. The molecule has 1 aliphatic rings. The first-order valence-electron chi connectivity index (χ1n) is 7.33. The maximum absolute atomic E-state index is 4.66. The highest BCUT2D eigenvalue weighted by atomic mass is 32.1. The number of hydrogen-bond acceptors (Lipinski definition) is 4. The molecule has 3 rings (SSSR count). The highest BCUT2D eigenvalue weighted by Crippen LogP contribution is 2.23. The number of nitrogens with zero attached hydrogens (tertiary/aromatic N) is 3. The van der Waals surface area contributed by atoms with Crippen LogP contribution in [0.1, 0.15) is 36.7 Å². The standard InChI is InChI=1S/C15H22N4S/c1-10(9-17-13-4-5-13)8-14-11(2)18-19(12(14)3)15-16-6-7-20-15/h6-7,10,13,17H,4-5,8-9H2,1-3H3. The van der Waals surface area contributed by atoms with Gasteiger partial charge in [-0.05, 0) is 51.1 Å². The fraction of sp³-hybridized carbons (Fsp3) is 0.600. The predicted octanol–water partition coefficient (Wildman–Crippen LogP) is 2.88. The van der Waals surface area contributed by atoms with Crippen molar-refractivity contribution >= 4 is 11.3 Å². The lowest BCUT2D eigenvalue weighted by Gasteiger charge is -2.12. The van der Waals surface area contributed by atoms with Crippen LogP contribution >= 0.6 is 11.3 Å². The van der Waals surface area contributed by atoms with Crippen LogP contribution in [0, 0.1) is 19.8 Å². The Morgan fingerprint density at radius 2 is 2.25 bits per heavy atom. The maximum Gasteiger partial charge on any atom is 0.210 e. The van der Waals surface area contributed by atoms with Gasteiger partial charge in [-0.15, -0.1) is 11.3 Å². The Hall–Kier alpha value is -1.20. The summed E-state index contributed by atoms with van der Waals surface area (Å²) in [5, 5.41) is 11.2. The molecule has 20 heavy (non-hydrogen) atoms. The third kappa shape index (κ3) is 2.94. The van der Waals surface area contributed by atoms with Crippen molar-refractivity contribution in [3.05, 3.63) is 28.5 Å². The van der Waals surface area contributed by atoms with E-state index in [4.69, 9.17) is 0 Å². The van der Waals surface area contributed by atoms with Crippen LogP contribution in [0.15, 0.2) is 11.6 Å². The summed E-state index contributed by atoms with van der Waals surface area (Å²) >= 11 is 1.63. The van der Waals surface area contributed by atoms with Crippen molar-refractivity contribution < 1.29 is 0 Å². The van der Waals surface area contributed by atoms with E-state index in [1.165, 1.54) is 24.1 Å². The minimum Gasteiger partial charge on any atom is -0.314 e. The summed E-state index contributed by atoms with van der Waals surface area (Å²) in [5.41, 5.74) is 3.75. The molecule has 1 aliphatic carbocycles. The van der Waals surface area contributed by atoms with Gasteiger partial charge < -0.3 is 5.32 Å². The van der Waals surface area contributed by atoms with E-state index in [-0.39, 0.29) is 0 Å². The first-order valence-corrected chi connectivity index (χ1v) is 8.21. The molecule has 1 unspecified atom stereocenters. The summed E-state index contributed by atoms with van der Waals surface area (Å²) in [5.74, 6) is 0.641. The molecule has 108 valence electrons. The molecular formula is C15H22N4S. The van der Waals surface area contributed by atoms with Crippen molar-refractivity contribution in [2.45, 2.75) is 46.1 Å². The molecule has 0 radical (unpaired) electrons. The SMILES string of the molecule is Cc1nn(-c2nccs2)c(C)c1CC(C)CNC1CC1. The lowest BCUT2D eigenvalue weighted by Crippen LogP contribution is -2.24. The van der Waals surface area contributed by atoms with Crippen molar-refractivity contribution in [1.29, 1.82) is 0 Å². The monoisotopic (exact) mass is 290 g/mol. The van der Waals surface area contributed by atoms with Gasteiger partial charge in [0.05, 0.1) is 5.69 Å². The van der Waals surface area contributed by atoms with E-state index in [1.54, 1.807) is 11.3 Å². The fourth-order valence-electron chi connectivity index (χ4n) is 2.55. The van der Waals surface area contributed by atoms with Crippen molar-refractivity contribution in [2.24, 2.45) is 5.92 Å². The molecule has 5 heteroatoms. The molecule has 1 saturated carbocycles. The van der Waals surface area contributed by atoms with Crippen LogP contribution < -0.4 is 5.32 Å². The molecule has 0 amide bonds. The van der Waals surface area contributed by atoms with E-state index >= 15 is 0 Å². The summed E-state index contributed by atoms with van der Waals surface area (Å²) in [6.45, 7) is 7.67. The van der Waals surface area contributed by atoms with Gasteiger partial charge in [0.1, 0.15) is 0 Å². The normalized spacial score (nSPS) is 16.6. The van der Waals surface area contributed by atoms with Gasteiger partial charge in [-0.1, -0.05) is 6.92 Å². The smallest absolute Gasteiger partial charge is 0.210 e. The number of aryl methyl sites for hydroxylation is 1. The van der Waals surface area contributed by atoms with Crippen LogP contribution in [-0.2, 0) is 6.42 Å². The molecule has 0 bridgehead atoms. The Labute approximate surface area is 124 Å². The molecule has 2 aromatic rings.